The molecular weight excluding hydrogens is 393 g/mol. The van der Waals surface area contributed by atoms with Crippen molar-refractivity contribution in [3.8, 4) is 11.1 Å². The topological polar surface area (TPSA) is 72.9 Å². The first-order valence-corrected chi connectivity index (χ1v) is 11.0. The fourth-order valence-corrected chi connectivity index (χ4v) is 4.93. The molecule has 0 bridgehead atoms. The van der Waals surface area contributed by atoms with Gasteiger partial charge in [0.1, 0.15) is 11.5 Å². The predicted molar refractivity (Wildman–Crippen MR) is 118 cm³/mol. The normalized spacial score (nSPS) is 24.5. The van der Waals surface area contributed by atoms with Gasteiger partial charge in [0.05, 0.1) is 17.2 Å². The van der Waals surface area contributed by atoms with Crippen LogP contribution >= 0.6 is 0 Å². The Labute approximate surface area is 179 Å². The molecule has 160 valence electrons. The van der Waals surface area contributed by atoms with E-state index in [1.165, 1.54) is 12.8 Å². The first-order chi connectivity index (χ1) is 14.9. The van der Waals surface area contributed by atoms with Crippen molar-refractivity contribution in [2.24, 2.45) is 5.92 Å². The van der Waals surface area contributed by atoms with Crippen LogP contribution in [0, 0.1) is 12.8 Å². The maximum atomic E-state index is 14.1. The number of alkyl halides is 1. The van der Waals surface area contributed by atoms with Gasteiger partial charge in [-0.3, -0.25) is 0 Å². The summed E-state index contributed by atoms with van der Waals surface area (Å²) in [6.45, 7) is 5.82. The Morgan fingerprint density at radius 3 is 2.74 bits per heavy atom. The predicted octanol–water partition coefficient (Wildman–Crippen LogP) is 4.72. The summed E-state index contributed by atoms with van der Waals surface area (Å²) in [5.41, 5.74) is 3.49. The summed E-state index contributed by atoms with van der Waals surface area (Å²) in [6.07, 6.45) is 9.24. The molecule has 2 aliphatic rings. The van der Waals surface area contributed by atoms with Crippen molar-refractivity contribution in [3.05, 3.63) is 36.5 Å². The molecule has 2 saturated carbocycles. The number of pyridine rings is 1. The summed E-state index contributed by atoms with van der Waals surface area (Å²) in [6, 6.07) is 4.66. The second kappa shape index (κ2) is 6.48. The van der Waals surface area contributed by atoms with Crippen LogP contribution in [0.4, 0.5) is 10.3 Å². The van der Waals surface area contributed by atoms with Gasteiger partial charge in [-0.05, 0) is 51.7 Å². The number of aryl methyl sites for hydroxylation is 1. The van der Waals surface area contributed by atoms with E-state index in [0.29, 0.717) is 30.5 Å². The van der Waals surface area contributed by atoms with Crippen LogP contribution in [0.5, 0.6) is 0 Å². The Balaban J connectivity index is 1.36. The van der Waals surface area contributed by atoms with E-state index in [-0.39, 0.29) is 6.04 Å². The Morgan fingerprint density at radius 2 is 2.00 bits per heavy atom. The van der Waals surface area contributed by atoms with Crippen molar-refractivity contribution >= 4 is 22.6 Å². The zero-order chi connectivity index (χ0) is 21.3. The number of imidazole rings is 1. The fourth-order valence-electron chi connectivity index (χ4n) is 4.93. The molecule has 8 heteroatoms. The lowest BCUT2D eigenvalue weighted by molar-refractivity contribution is 0.0330. The van der Waals surface area contributed by atoms with Crippen LogP contribution in [0.25, 0.3) is 27.8 Å². The molecule has 6 rings (SSSR count). The number of halogens is 1. The molecule has 1 N–H and O–H groups in total. The molecule has 2 aliphatic carbocycles. The van der Waals surface area contributed by atoms with Crippen molar-refractivity contribution in [2.75, 3.05) is 5.32 Å². The average molecular weight is 420 g/mol. The molecule has 0 amide bonds. The maximum absolute atomic E-state index is 14.1. The highest BCUT2D eigenvalue weighted by atomic mass is 19.1. The quantitative estimate of drug-likeness (QED) is 0.507. The largest absolute Gasteiger partial charge is 0.350 e. The number of aromatic nitrogens is 6. The van der Waals surface area contributed by atoms with Crippen LogP contribution in [0.1, 0.15) is 51.4 Å². The van der Waals surface area contributed by atoms with Crippen molar-refractivity contribution in [3.63, 3.8) is 0 Å². The second-order valence-corrected chi connectivity index (χ2v) is 9.48. The number of nitrogens with zero attached hydrogens (tertiary/aromatic N) is 6. The van der Waals surface area contributed by atoms with Gasteiger partial charge in [0, 0.05) is 48.4 Å². The first-order valence-electron chi connectivity index (χ1n) is 11.0. The van der Waals surface area contributed by atoms with Crippen LogP contribution < -0.4 is 5.32 Å². The van der Waals surface area contributed by atoms with Crippen LogP contribution in [0.3, 0.4) is 0 Å². The van der Waals surface area contributed by atoms with E-state index < -0.39 is 5.67 Å². The maximum Gasteiger partial charge on any atom is 0.241 e. The van der Waals surface area contributed by atoms with E-state index >= 15 is 0 Å². The van der Waals surface area contributed by atoms with E-state index in [2.05, 4.69) is 42.9 Å². The van der Waals surface area contributed by atoms with Gasteiger partial charge < -0.3 is 9.88 Å². The SMILES string of the molecule is Cc1nc2ncc(-c3ccn4nc(N[C@@H](C)C5CC5)ncc34)cc2n1C1CC(C)(F)C1. The number of hydrogen-bond donors (Lipinski definition) is 1. The smallest absolute Gasteiger partial charge is 0.241 e. The molecule has 31 heavy (non-hydrogen) atoms. The van der Waals surface area contributed by atoms with Gasteiger partial charge in [-0.1, -0.05) is 0 Å². The highest BCUT2D eigenvalue weighted by Gasteiger charge is 2.42. The number of fused-ring (bicyclic) bond motifs is 2. The molecule has 0 spiro atoms. The van der Waals surface area contributed by atoms with Crippen LogP contribution in [-0.4, -0.2) is 40.8 Å². The van der Waals surface area contributed by atoms with Crippen LogP contribution in [0.2, 0.25) is 0 Å². The molecule has 0 radical (unpaired) electrons. The lowest BCUT2D eigenvalue weighted by atomic mass is 9.78. The number of rotatable bonds is 5. The Hall–Kier alpha value is -3.03. The van der Waals surface area contributed by atoms with Crippen molar-refractivity contribution in [1.82, 2.24) is 29.1 Å². The van der Waals surface area contributed by atoms with Gasteiger partial charge in [-0.15, -0.1) is 5.10 Å². The molecule has 0 aromatic carbocycles. The van der Waals surface area contributed by atoms with Gasteiger partial charge in [0.25, 0.3) is 0 Å². The number of anilines is 1. The van der Waals surface area contributed by atoms with E-state index in [1.54, 1.807) is 6.92 Å². The number of nitrogens with one attached hydrogen (secondary N) is 1. The summed E-state index contributed by atoms with van der Waals surface area (Å²) >= 11 is 0. The molecule has 4 aromatic heterocycles. The van der Waals surface area contributed by atoms with Gasteiger partial charge in [0.2, 0.25) is 5.95 Å². The third-order valence-electron chi connectivity index (χ3n) is 6.82. The molecule has 4 aromatic rings. The summed E-state index contributed by atoms with van der Waals surface area (Å²) in [7, 11) is 0. The van der Waals surface area contributed by atoms with Gasteiger partial charge >= 0.3 is 0 Å². The zero-order valence-corrected chi connectivity index (χ0v) is 18.0. The highest BCUT2D eigenvalue weighted by molar-refractivity contribution is 5.85. The molecule has 4 heterocycles. The molecule has 0 saturated heterocycles. The molecule has 7 nitrogen and oxygen atoms in total. The third-order valence-corrected chi connectivity index (χ3v) is 6.82. The van der Waals surface area contributed by atoms with Crippen LogP contribution in [0.15, 0.2) is 30.7 Å². The third kappa shape index (κ3) is 3.16. The van der Waals surface area contributed by atoms with Gasteiger partial charge in [-0.25, -0.2) is 23.9 Å². The van der Waals surface area contributed by atoms with E-state index in [1.807, 2.05) is 36.1 Å². The summed E-state index contributed by atoms with van der Waals surface area (Å²) in [5, 5.41) is 8.05. The monoisotopic (exact) mass is 419 g/mol. The molecule has 0 unspecified atom stereocenters. The Morgan fingerprint density at radius 1 is 1.19 bits per heavy atom. The molecule has 1 atom stereocenters. The standard InChI is InChI=1S/C23H26FN7/c1-13(15-4-5-15)27-22-26-12-20-18(6-7-30(20)29-22)16-8-19-21(25-11-16)28-14(2)31(19)17-9-23(3,24)10-17/h6-8,11-13,15,17H,4-5,9-10H2,1-3H3,(H,27,29)/t13-,17?,23?/m0/s1. The Kier molecular flexibility index (Phi) is 3.91. The van der Waals surface area contributed by atoms with E-state index in [9.17, 15) is 4.39 Å². The highest BCUT2D eigenvalue weighted by Crippen LogP contribution is 2.45. The minimum absolute atomic E-state index is 0.133. The van der Waals surface area contributed by atoms with Crippen molar-refractivity contribution in [1.29, 1.82) is 0 Å². The molecule has 2 fully saturated rings. The van der Waals surface area contributed by atoms with Crippen molar-refractivity contribution < 1.29 is 4.39 Å². The Bertz CT molecular complexity index is 1290. The van der Waals surface area contributed by atoms with Crippen LogP contribution in [-0.2, 0) is 0 Å². The fraction of sp³-hybridized carbons (Fsp3) is 0.478. The summed E-state index contributed by atoms with van der Waals surface area (Å²) in [4.78, 5) is 13.7. The lowest BCUT2D eigenvalue weighted by Crippen LogP contribution is -2.38. The zero-order valence-electron chi connectivity index (χ0n) is 18.0. The summed E-state index contributed by atoms with van der Waals surface area (Å²) in [5.74, 6) is 2.26. The van der Waals surface area contributed by atoms with E-state index in [4.69, 9.17) is 0 Å². The van der Waals surface area contributed by atoms with Gasteiger partial charge in [-0.2, -0.15) is 0 Å². The molecule has 0 aliphatic heterocycles. The lowest BCUT2D eigenvalue weighted by Gasteiger charge is -2.40. The number of hydrogen-bond acceptors (Lipinski definition) is 5. The minimum Gasteiger partial charge on any atom is -0.350 e. The summed E-state index contributed by atoms with van der Waals surface area (Å²) < 4.78 is 18.1. The molecular formula is C23H26FN7. The van der Waals surface area contributed by atoms with Gasteiger partial charge in [0.15, 0.2) is 5.65 Å². The average Bonchev–Trinajstić information content (AvgIpc) is 3.40. The second-order valence-electron chi connectivity index (χ2n) is 9.48. The first kappa shape index (κ1) is 18.7. The minimum atomic E-state index is -1.09. The van der Waals surface area contributed by atoms with Crippen molar-refractivity contribution in [2.45, 2.75) is 64.2 Å². The van der Waals surface area contributed by atoms with E-state index in [0.717, 1.165) is 33.9 Å².